The summed E-state index contributed by atoms with van der Waals surface area (Å²) in [6, 6.07) is 12.4. The van der Waals surface area contributed by atoms with Crippen LogP contribution in [0.4, 0.5) is 13.2 Å². The Morgan fingerprint density at radius 1 is 1.17 bits per heavy atom. The van der Waals surface area contributed by atoms with Crippen molar-refractivity contribution in [3.05, 3.63) is 82.7 Å². The first-order chi connectivity index (χ1) is 14.2. The summed E-state index contributed by atoms with van der Waals surface area (Å²) in [6.45, 7) is 3.49. The van der Waals surface area contributed by atoms with Crippen molar-refractivity contribution in [2.24, 2.45) is 0 Å². The van der Waals surface area contributed by atoms with Gasteiger partial charge in [-0.05, 0) is 37.1 Å². The van der Waals surface area contributed by atoms with E-state index in [9.17, 15) is 23.1 Å². The Morgan fingerprint density at radius 3 is 2.47 bits per heavy atom. The Labute approximate surface area is 172 Å². The second-order valence-corrected chi connectivity index (χ2v) is 6.92. The van der Waals surface area contributed by atoms with Crippen LogP contribution in [-0.2, 0) is 12.6 Å². The largest absolute Gasteiger partial charge is 0.416 e. The highest BCUT2D eigenvalue weighted by Crippen LogP contribution is 2.34. The van der Waals surface area contributed by atoms with Crippen molar-refractivity contribution in [2.45, 2.75) is 32.5 Å². The number of aliphatic hydroxyl groups excluding tert-OH is 1. The first kappa shape index (κ1) is 21.6. The lowest BCUT2D eigenvalue weighted by Gasteiger charge is -2.18. The summed E-state index contributed by atoms with van der Waals surface area (Å²) in [7, 11) is 0. The van der Waals surface area contributed by atoms with Gasteiger partial charge in [0.2, 0.25) is 0 Å². The standard InChI is InChI=1S/C22H22F3N3O2/c1-3-19-17(12-27-28(19)15-10-8-14(2)9-11-15)21(30)26-13-20(29)16-6-4-5-7-18(16)22(23,24)25/h4-12,20,29H,3,13H2,1-2H3,(H,26,30). The molecule has 0 radical (unpaired) electrons. The van der Waals surface area contributed by atoms with Crippen LogP contribution in [0.2, 0.25) is 0 Å². The van der Waals surface area contributed by atoms with Crippen LogP contribution in [-0.4, -0.2) is 27.3 Å². The van der Waals surface area contributed by atoms with Crippen molar-refractivity contribution in [3.63, 3.8) is 0 Å². The summed E-state index contributed by atoms with van der Waals surface area (Å²) < 4.78 is 41.1. The van der Waals surface area contributed by atoms with Crippen LogP contribution in [0.3, 0.4) is 0 Å². The molecule has 8 heteroatoms. The van der Waals surface area contributed by atoms with Gasteiger partial charge in [0.15, 0.2) is 0 Å². The molecule has 0 fully saturated rings. The second kappa shape index (κ2) is 8.71. The van der Waals surface area contributed by atoms with Gasteiger partial charge in [-0.1, -0.05) is 42.8 Å². The minimum absolute atomic E-state index is 0.281. The molecule has 1 heterocycles. The molecule has 158 valence electrons. The molecule has 3 rings (SSSR count). The Bertz CT molecular complexity index is 1030. The van der Waals surface area contributed by atoms with E-state index in [1.807, 2.05) is 38.1 Å². The average molecular weight is 417 g/mol. The SMILES string of the molecule is CCc1c(C(=O)NCC(O)c2ccccc2C(F)(F)F)cnn1-c1ccc(C)cc1. The van der Waals surface area contributed by atoms with Crippen LogP contribution in [0, 0.1) is 6.92 Å². The van der Waals surface area contributed by atoms with Gasteiger partial charge in [0.25, 0.3) is 5.91 Å². The summed E-state index contributed by atoms with van der Waals surface area (Å²) in [5.41, 5.74) is 1.67. The lowest BCUT2D eigenvalue weighted by molar-refractivity contribution is -0.139. The number of alkyl halides is 3. The van der Waals surface area contributed by atoms with E-state index < -0.39 is 23.8 Å². The van der Waals surface area contributed by atoms with Gasteiger partial charge in [0.05, 0.1) is 34.8 Å². The van der Waals surface area contributed by atoms with Crippen molar-refractivity contribution in [2.75, 3.05) is 6.54 Å². The van der Waals surface area contributed by atoms with Gasteiger partial charge < -0.3 is 10.4 Å². The number of benzene rings is 2. The first-order valence-corrected chi connectivity index (χ1v) is 9.48. The molecule has 0 aliphatic rings. The van der Waals surface area contributed by atoms with Gasteiger partial charge in [-0.15, -0.1) is 0 Å². The number of aryl methyl sites for hydroxylation is 1. The van der Waals surface area contributed by atoms with Crippen LogP contribution >= 0.6 is 0 Å². The maximum atomic E-state index is 13.2. The van der Waals surface area contributed by atoms with E-state index in [4.69, 9.17) is 0 Å². The van der Waals surface area contributed by atoms with E-state index in [0.29, 0.717) is 17.7 Å². The predicted molar refractivity (Wildman–Crippen MR) is 106 cm³/mol. The summed E-state index contributed by atoms with van der Waals surface area (Å²) >= 11 is 0. The highest BCUT2D eigenvalue weighted by atomic mass is 19.4. The molecule has 1 aromatic heterocycles. The molecule has 1 unspecified atom stereocenters. The smallest absolute Gasteiger partial charge is 0.387 e. The molecule has 0 bridgehead atoms. The molecule has 1 amide bonds. The molecule has 0 saturated carbocycles. The molecule has 0 aliphatic carbocycles. The third-order valence-corrected chi connectivity index (χ3v) is 4.81. The third kappa shape index (κ3) is 4.54. The number of aromatic nitrogens is 2. The van der Waals surface area contributed by atoms with Crippen molar-refractivity contribution >= 4 is 5.91 Å². The first-order valence-electron chi connectivity index (χ1n) is 9.48. The van der Waals surface area contributed by atoms with Crippen molar-refractivity contribution in [1.82, 2.24) is 15.1 Å². The molecule has 5 nitrogen and oxygen atoms in total. The van der Waals surface area contributed by atoms with Crippen molar-refractivity contribution in [1.29, 1.82) is 0 Å². The lowest BCUT2D eigenvalue weighted by Crippen LogP contribution is -2.29. The van der Waals surface area contributed by atoms with E-state index in [1.54, 1.807) is 4.68 Å². The van der Waals surface area contributed by atoms with E-state index >= 15 is 0 Å². The summed E-state index contributed by atoms with van der Waals surface area (Å²) in [6.07, 6.45) is -4.14. The topological polar surface area (TPSA) is 67.2 Å². The number of carbonyl (C=O) groups excluding carboxylic acids is 1. The van der Waals surface area contributed by atoms with Crippen LogP contribution in [0.5, 0.6) is 0 Å². The van der Waals surface area contributed by atoms with Gasteiger partial charge in [-0.25, -0.2) is 4.68 Å². The molecule has 30 heavy (non-hydrogen) atoms. The quantitative estimate of drug-likeness (QED) is 0.631. The molecule has 3 aromatic rings. The summed E-state index contributed by atoms with van der Waals surface area (Å²) in [5.74, 6) is -0.506. The number of hydrogen-bond donors (Lipinski definition) is 2. The number of carbonyl (C=O) groups is 1. The Kier molecular flexibility index (Phi) is 6.26. The number of halogens is 3. The Morgan fingerprint density at radius 2 is 1.83 bits per heavy atom. The predicted octanol–water partition coefficient (Wildman–Crippen LogP) is 4.23. The van der Waals surface area contributed by atoms with E-state index in [0.717, 1.165) is 17.3 Å². The zero-order valence-electron chi connectivity index (χ0n) is 16.6. The fourth-order valence-electron chi connectivity index (χ4n) is 3.25. The van der Waals surface area contributed by atoms with E-state index in [1.165, 1.54) is 24.4 Å². The van der Waals surface area contributed by atoms with Gasteiger partial charge >= 0.3 is 6.18 Å². The number of hydrogen-bond acceptors (Lipinski definition) is 3. The van der Waals surface area contributed by atoms with Crippen molar-refractivity contribution in [3.8, 4) is 5.69 Å². The summed E-state index contributed by atoms with van der Waals surface area (Å²) in [4.78, 5) is 12.6. The maximum absolute atomic E-state index is 13.2. The highest BCUT2D eigenvalue weighted by molar-refractivity contribution is 5.95. The number of nitrogens with one attached hydrogen (secondary N) is 1. The third-order valence-electron chi connectivity index (χ3n) is 4.81. The molecule has 1 atom stereocenters. The van der Waals surface area contributed by atoms with Gasteiger partial charge in [-0.3, -0.25) is 4.79 Å². The molecule has 2 aromatic carbocycles. The minimum atomic E-state index is -4.59. The number of amides is 1. The highest BCUT2D eigenvalue weighted by Gasteiger charge is 2.34. The van der Waals surface area contributed by atoms with Crippen LogP contribution in [0.25, 0.3) is 5.69 Å². The van der Waals surface area contributed by atoms with Gasteiger partial charge in [-0.2, -0.15) is 18.3 Å². The Hall–Kier alpha value is -3.13. The Balaban J connectivity index is 1.77. The number of aliphatic hydroxyl groups is 1. The normalized spacial score (nSPS) is 12.6. The molecular weight excluding hydrogens is 395 g/mol. The lowest BCUT2D eigenvalue weighted by atomic mass is 10.0. The van der Waals surface area contributed by atoms with Crippen LogP contribution in [0.1, 0.15) is 45.8 Å². The molecule has 0 aliphatic heterocycles. The molecule has 0 spiro atoms. The zero-order chi connectivity index (χ0) is 21.9. The average Bonchev–Trinajstić information content (AvgIpc) is 3.16. The molecular formula is C22H22F3N3O2. The monoisotopic (exact) mass is 417 g/mol. The van der Waals surface area contributed by atoms with E-state index in [-0.39, 0.29) is 12.1 Å². The fourth-order valence-corrected chi connectivity index (χ4v) is 3.25. The summed E-state index contributed by atoms with van der Waals surface area (Å²) in [5, 5.41) is 17.1. The molecule has 2 N–H and O–H groups in total. The van der Waals surface area contributed by atoms with Crippen molar-refractivity contribution < 1.29 is 23.1 Å². The van der Waals surface area contributed by atoms with Crippen LogP contribution in [0.15, 0.2) is 54.7 Å². The number of nitrogens with zero attached hydrogens (tertiary/aromatic N) is 2. The zero-order valence-corrected chi connectivity index (χ0v) is 16.6. The minimum Gasteiger partial charge on any atom is -0.387 e. The number of rotatable bonds is 6. The maximum Gasteiger partial charge on any atom is 0.416 e. The molecule has 0 saturated heterocycles. The van der Waals surface area contributed by atoms with E-state index in [2.05, 4.69) is 10.4 Å². The second-order valence-electron chi connectivity index (χ2n) is 6.92. The van der Waals surface area contributed by atoms with Crippen LogP contribution < -0.4 is 5.32 Å². The van der Waals surface area contributed by atoms with Gasteiger partial charge in [0, 0.05) is 6.54 Å². The van der Waals surface area contributed by atoms with Gasteiger partial charge in [0.1, 0.15) is 0 Å². The fraction of sp³-hybridized carbons (Fsp3) is 0.273.